The molecule has 0 heterocycles. The molecule has 92 valence electrons. The molecule has 3 heteroatoms. The fourth-order valence-corrected chi connectivity index (χ4v) is 1.60. The molecule has 3 nitrogen and oxygen atoms in total. The zero-order valence-corrected chi connectivity index (χ0v) is 10.7. The van der Waals surface area contributed by atoms with Gasteiger partial charge in [0.15, 0.2) is 0 Å². The summed E-state index contributed by atoms with van der Waals surface area (Å²) in [5.41, 5.74) is 9.28. The van der Waals surface area contributed by atoms with Gasteiger partial charge in [-0.2, -0.15) is 0 Å². The summed E-state index contributed by atoms with van der Waals surface area (Å²) in [7, 11) is 1.60. The van der Waals surface area contributed by atoms with Crippen molar-refractivity contribution in [2.45, 2.75) is 26.3 Å². The largest absolute Gasteiger partial charge is 0.358 e. The predicted molar refractivity (Wildman–Crippen MR) is 71.5 cm³/mol. The smallest absolute Gasteiger partial charge is 0.237 e. The molecule has 1 rings (SSSR count). The number of hydrogen-bond donors (Lipinski definition) is 2. The molecule has 0 aliphatic carbocycles. The van der Waals surface area contributed by atoms with Crippen molar-refractivity contribution in [3.05, 3.63) is 41.5 Å². The van der Waals surface area contributed by atoms with Crippen LogP contribution in [0, 0.1) is 0 Å². The Morgan fingerprint density at radius 3 is 2.47 bits per heavy atom. The van der Waals surface area contributed by atoms with Crippen molar-refractivity contribution in [2.24, 2.45) is 5.73 Å². The first kappa shape index (κ1) is 13.5. The third kappa shape index (κ3) is 3.71. The molecule has 1 amide bonds. The minimum atomic E-state index is -0.478. The average Bonchev–Trinajstić information content (AvgIpc) is 2.37. The molecule has 17 heavy (non-hydrogen) atoms. The lowest BCUT2D eigenvalue weighted by atomic mass is 10.0. The molecule has 3 N–H and O–H groups in total. The first-order valence-electron chi connectivity index (χ1n) is 5.78. The van der Waals surface area contributed by atoms with Crippen LogP contribution in [0.3, 0.4) is 0 Å². The molecular formula is C14H20N2O. The third-order valence-electron chi connectivity index (χ3n) is 2.88. The summed E-state index contributed by atoms with van der Waals surface area (Å²) in [6.45, 7) is 4.09. The van der Waals surface area contributed by atoms with Gasteiger partial charge < -0.3 is 11.1 Å². The maximum Gasteiger partial charge on any atom is 0.237 e. The lowest BCUT2D eigenvalue weighted by molar-refractivity contribution is -0.121. The van der Waals surface area contributed by atoms with E-state index in [1.807, 2.05) is 19.1 Å². The van der Waals surface area contributed by atoms with E-state index < -0.39 is 6.04 Å². The number of allylic oxidation sites excluding steroid dienone is 2. The number of benzene rings is 1. The molecular weight excluding hydrogens is 212 g/mol. The van der Waals surface area contributed by atoms with Gasteiger partial charge in [0.1, 0.15) is 0 Å². The van der Waals surface area contributed by atoms with Crippen molar-refractivity contribution < 1.29 is 4.79 Å². The van der Waals surface area contributed by atoms with Crippen LogP contribution in [0.2, 0.25) is 0 Å². The van der Waals surface area contributed by atoms with E-state index in [9.17, 15) is 4.79 Å². The summed E-state index contributed by atoms with van der Waals surface area (Å²) < 4.78 is 0. The molecule has 1 aromatic rings. The van der Waals surface area contributed by atoms with Crippen molar-refractivity contribution in [2.75, 3.05) is 7.05 Å². The Labute approximate surface area is 103 Å². The van der Waals surface area contributed by atoms with E-state index in [4.69, 9.17) is 5.73 Å². The van der Waals surface area contributed by atoms with E-state index in [1.54, 1.807) is 7.05 Å². The average molecular weight is 232 g/mol. The second-order valence-electron chi connectivity index (χ2n) is 4.09. The molecule has 0 bridgehead atoms. The van der Waals surface area contributed by atoms with Crippen LogP contribution >= 0.6 is 0 Å². The molecule has 0 saturated heterocycles. The topological polar surface area (TPSA) is 55.1 Å². The Kier molecular flexibility index (Phi) is 4.91. The molecule has 0 aliphatic heterocycles. The minimum Gasteiger partial charge on any atom is -0.358 e. The summed E-state index contributed by atoms with van der Waals surface area (Å²) in [5.74, 6) is -0.126. The Morgan fingerprint density at radius 1 is 1.41 bits per heavy atom. The van der Waals surface area contributed by atoms with E-state index in [0.29, 0.717) is 6.42 Å². The number of likely N-dealkylation sites (N-methyl/N-ethyl adjacent to an activating group) is 1. The van der Waals surface area contributed by atoms with Gasteiger partial charge in [0.05, 0.1) is 6.04 Å². The summed E-state index contributed by atoms with van der Waals surface area (Å²) in [4.78, 5) is 11.3. The van der Waals surface area contributed by atoms with E-state index in [2.05, 4.69) is 30.4 Å². The summed E-state index contributed by atoms with van der Waals surface area (Å²) >= 11 is 0. The first-order valence-corrected chi connectivity index (χ1v) is 5.78. The molecule has 0 radical (unpaired) electrons. The lowest BCUT2D eigenvalue weighted by Gasteiger charge is -2.10. The van der Waals surface area contributed by atoms with Gasteiger partial charge in [0.25, 0.3) is 0 Å². The zero-order valence-electron chi connectivity index (χ0n) is 10.7. The number of hydrogen-bond acceptors (Lipinski definition) is 2. The maximum absolute atomic E-state index is 11.3. The van der Waals surface area contributed by atoms with Crippen LogP contribution in [0.15, 0.2) is 30.3 Å². The van der Waals surface area contributed by atoms with Crippen molar-refractivity contribution in [3.8, 4) is 0 Å². The Morgan fingerprint density at radius 2 is 2.00 bits per heavy atom. The molecule has 1 unspecified atom stereocenters. The predicted octanol–water partition coefficient (Wildman–Crippen LogP) is 1.73. The molecule has 1 aromatic carbocycles. The Hall–Kier alpha value is -1.61. The zero-order chi connectivity index (χ0) is 12.8. The van der Waals surface area contributed by atoms with Crippen LogP contribution in [0.1, 0.15) is 25.0 Å². The van der Waals surface area contributed by atoms with E-state index in [-0.39, 0.29) is 5.91 Å². The molecule has 0 spiro atoms. The number of carbonyl (C=O) groups excluding carboxylic acids is 1. The van der Waals surface area contributed by atoms with E-state index in [1.165, 1.54) is 11.1 Å². The molecule has 0 aliphatic rings. The van der Waals surface area contributed by atoms with Gasteiger partial charge in [-0.05, 0) is 37.0 Å². The van der Waals surface area contributed by atoms with Crippen molar-refractivity contribution in [1.29, 1.82) is 0 Å². The van der Waals surface area contributed by atoms with Gasteiger partial charge in [-0.15, -0.1) is 0 Å². The van der Waals surface area contributed by atoms with Gasteiger partial charge in [0.2, 0.25) is 5.91 Å². The first-order chi connectivity index (χ1) is 8.08. The van der Waals surface area contributed by atoms with Gasteiger partial charge in [-0.3, -0.25) is 4.79 Å². The van der Waals surface area contributed by atoms with Crippen LogP contribution in [0.5, 0.6) is 0 Å². The van der Waals surface area contributed by atoms with Gasteiger partial charge in [-0.25, -0.2) is 0 Å². The number of carbonyl (C=O) groups is 1. The highest BCUT2D eigenvalue weighted by molar-refractivity contribution is 5.81. The summed E-state index contributed by atoms with van der Waals surface area (Å²) in [5, 5.41) is 2.55. The van der Waals surface area contributed by atoms with Crippen molar-refractivity contribution in [3.63, 3.8) is 0 Å². The second-order valence-corrected chi connectivity index (χ2v) is 4.09. The fourth-order valence-electron chi connectivity index (χ4n) is 1.60. The standard InChI is InChI=1S/C14H20N2O/c1-4-10(2)12-7-5-11(6-8-12)9-13(15)14(17)16-3/h4-8,13H,9,15H2,1-3H3,(H,16,17). The Bertz CT molecular complexity index is 407. The normalized spacial score (nSPS) is 13.3. The van der Waals surface area contributed by atoms with Gasteiger partial charge in [-0.1, -0.05) is 30.3 Å². The summed E-state index contributed by atoms with van der Waals surface area (Å²) in [6.07, 6.45) is 2.64. The molecule has 0 fully saturated rings. The van der Waals surface area contributed by atoms with E-state index in [0.717, 1.165) is 5.56 Å². The third-order valence-corrected chi connectivity index (χ3v) is 2.88. The van der Waals surface area contributed by atoms with Crippen molar-refractivity contribution in [1.82, 2.24) is 5.32 Å². The quantitative estimate of drug-likeness (QED) is 0.830. The summed E-state index contributed by atoms with van der Waals surface area (Å²) in [6, 6.07) is 7.67. The highest BCUT2D eigenvalue weighted by Gasteiger charge is 2.11. The lowest BCUT2D eigenvalue weighted by Crippen LogP contribution is -2.40. The van der Waals surface area contributed by atoms with Gasteiger partial charge >= 0.3 is 0 Å². The molecule has 0 saturated carbocycles. The fraction of sp³-hybridized carbons (Fsp3) is 0.357. The second kappa shape index (κ2) is 6.21. The number of rotatable bonds is 4. The van der Waals surface area contributed by atoms with Crippen LogP contribution in [-0.4, -0.2) is 19.0 Å². The minimum absolute atomic E-state index is 0.126. The monoisotopic (exact) mass is 232 g/mol. The molecule has 0 aromatic heterocycles. The molecule has 1 atom stereocenters. The van der Waals surface area contributed by atoms with E-state index >= 15 is 0 Å². The van der Waals surface area contributed by atoms with Crippen LogP contribution in [0.25, 0.3) is 5.57 Å². The SMILES string of the molecule is CC=C(C)c1ccc(CC(N)C(=O)NC)cc1. The number of nitrogens with two attached hydrogens (primary N) is 1. The highest BCUT2D eigenvalue weighted by Crippen LogP contribution is 2.14. The van der Waals surface area contributed by atoms with Crippen molar-refractivity contribution >= 4 is 11.5 Å². The maximum atomic E-state index is 11.3. The van der Waals surface area contributed by atoms with Gasteiger partial charge in [0, 0.05) is 7.05 Å². The highest BCUT2D eigenvalue weighted by atomic mass is 16.2. The number of nitrogens with one attached hydrogen (secondary N) is 1. The van der Waals surface area contributed by atoms with Crippen LogP contribution < -0.4 is 11.1 Å². The van der Waals surface area contributed by atoms with Crippen LogP contribution in [0.4, 0.5) is 0 Å². The number of amides is 1. The Balaban J connectivity index is 2.72. The van der Waals surface area contributed by atoms with Crippen LogP contribution in [-0.2, 0) is 11.2 Å².